The first-order valence-electron chi connectivity index (χ1n) is 10.6. The number of carbonyl (C=O) groups excluding carboxylic acids is 1. The quantitative estimate of drug-likeness (QED) is 0.636. The fraction of sp³-hybridized carbons (Fsp3) is 0.524. The Kier molecular flexibility index (Phi) is 4.92. The van der Waals surface area contributed by atoms with Crippen LogP contribution in [0.2, 0.25) is 0 Å². The van der Waals surface area contributed by atoms with Crippen LogP contribution in [0, 0.1) is 12.8 Å². The SMILES string of the molecule is Cc1nc2sc3c(c2c(=O)n1NC(=O)Cn1nc(C(F)(F)F)cc1C1CC1)CC[C@@H](C)C3. The summed E-state index contributed by atoms with van der Waals surface area (Å²) >= 11 is 1.52. The molecular formula is C21H22F3N5O2S. The minimum Gasteiger partial charge on any atom is -0.271 e. The van der Waals surface area contributed by atoms with Crippen LogP contribution in [0.1, 0.15) is 59.8 Å². The second-order valence-corrected chi connectivity index (χ2v) is 9.83. The van der Waals surface area contributed by atoms with Gasteiger partial charge in [0.05, 0.1) is 5.39 Å². The van der Waals surface area contributed by atoms with Crippen molar-refractivity contribution in [1.82, 2.24) is 19.4 Å². The number of carbonyl (C=O) groups is 1. The summed E-state index contributed by atoms with van der Waals surface area (Å²) in [5.74, 6) is 0.220. The van der Waals surface area contributed by atoms with E-state index >= 15 is 0 Å². The summed E-state index contributed by atoms with van der Waals surface area (Å²) in [6, 6.07) is 1.01. The summed E-state index contributed by atoms with van der Waals surface area (Å²) in [4.78, 5) is 32.3. The number of amides is 1. The zero-order valence-electron chi connectivity index (χ0n) is 17.6. The summed E-state index contributed by atoms with van der Waals surface area (Å²) in [6.07, 6.45) is -0.349. The Hall–Kier alpha value is -2.69. The third-order valence-electron chi connectivity index (χ3n) is 6.12. The van der Waals surface area contributed by atoms with Gasteiger partial charge in [0.15, 0.2) is 5.69 Å². The van der Waals surface area contributed by atoms with Gasteiger partial charge < -0.3 is 0 Å². The zero-order chi connectivity index (χ0) is 22.8. The highest BCUT2D eigenvalue weighted by Crippen LogP contribution is 2.42. The highest BCUT2D eigenvalue weighted by atomic mass is 32.1. The highest BCUT2D eigenvalue weighted by Gasteiger charge is 2.38. The van der Waals surface area contributed by atoms with Crippen molar-refractivity contribution in [3.63, 3.8) is 0 Å². The Morgan fingerprint density at radius 3 is 2.75 bits per heavy atom. The molecule has 1 fully saturated rings. The van der Waals surface area contributed by atoms with Crippen LogP contribution in [0.5, 0.6) is 0 Å². The van der Waals surface area contributed by atoms with Gasteiger partial charge in [-0.1, -0.05) is 6.92 Å². The summed E-state index contributed by atoms with van der Waals surface area (Å²) in [5.41, 5.74) is 2.55. The van der Waals surface area contributed by atoms with Crippen molar-refractivity contribution in [2.24, 2.45) is 5.92 Å². The lowest BCUT2D eigenvalue weighted by atomic mass is 9.89. The lowest BCUT2D eigenvalue weighted by Crippen LogP contribution is -2.37. The van der Waals surface area contributed by atoms with Crippen molar-refractivity contribution < 1.29 is 18.0 Å². The Morgan fingerprint density at radius 1 is 1.31 bits per heavy atom. The van der Waals surface area contributed by atoms with E-state index in [-0.39, 0.29) is 11.5 Å². The van der Waals surface area contributed by atoms with E-state index in [2.05, 4.69) is 22.4 Å². The number of hydrogen-bond acceptors (Lipinski definition) is 5. The smallest absolute Gasteiger partial charge is 0.271 e. The summed E-state index contributed by atoms with van der Waals surface area (Å²) in [7, 11) is 0. The van der Waals surface area contributed by atoms with Crippen molar-refractivity contribution in [3.05, 3.63) is 44.1 Å². The molecule has 0 unspecified atom stereocenters. The molecule has 3 aromatic heterocycles. The number of hydrogen-bond donors (Lipinski definition) is 1. The number of thiophene rings is 1. The number of fused-ring (bicyclic) bond motifs is 3. The molecule has 1 saturated carbocycles. The second kappa shape index (κ2) is 7.43. The third kappa shape index (κ3) is 3.72. The topological polar surface area (TPSA) is 81.8 Å². The van der Waals surface area contributed by atoms with Gasteiger partial charge in [-0.3, -0.25) is 19.7 Å². The van der Waals surface area contributed by atoms with Crippen LogP contribution in [0.3, 0.4) is 0 Å². The molecule has 2 aliphatic rings. The van der Waals surface area contributed by atoms with Gasteiger partial charge in [0, 0.05) is 16.5 Å². The molecule has 0 bridgehead atoms. The highest BCUT2D eigenvalue weighted by molar-refractivity contribution is 7.18. The van der Waals surface area contributed by atoms with E-state index in [1.165, 1.54) is 11.3 Å². The lowest BCUT2D eigenvalue weighted by Gasteiger charge is -2.17. The molecule has 0 saturated heterocycles. The van der Waals surface area contributed by atoms with Gasteiger partial charge in [0.1, 0.15) is 17.2 Å². The van der Waals surface area contributed by atoms with Gasteiger partial charge in [0.25, 0.3) is 11.5 Å². The first kappa shape index (κ1) is 21.2. The van der Waals surface area contributed by atoms with Gasteiger partial charge in [-0.25, -0.2) is 9.66 Å². The van der Waals surface area contributed by atoms with Gasteiger partial charge >= 0.3 is 6.18 Å². The lowest BCUT2D eigenvalue weighted by molar-refractivity contribution is -0.141. The van der Waals surface area contributed by atoms with Gasteiger partial charge in [-0.15, -0.1) is 11.3 Å². The summed E-state index contributed by atoms with van der Waals surface area (Å²) in [5, 5.41) is 4.13. The molecule has 3 aromatic rings. The van der Waals surface area contributed by atoms with Crippen molar-refractivity contribution in [3.8, 4) is 0 Å². The molecule has 1 N–H and O–H groups in total. The minimum absolute atomic E-state index is 0.0198. The maximum absolute atomic E-state index is 13.2. The van der Waals surface area contributed by atoms with Crippen LogP contribution in [0.4, 0.5) is 13.2 Å². The first-order chi connectivity index (χ1) is 15.1. The Labute approximate surface area is 185 Å². The average molecular weight is 466 g/mol. The molecule has 2 aliphatic carbocycles. The second-order valence-electron chi connectivity index (χ2n) is 8.75. The zero-order valence-corrected chi connectivity index (χ0v) is 18.4. The largest absolute Gasteiger partial charge is 0.435 e. The van der Waals surface area contributed by atoms with E-state index in [0.717, 1.165) is 58.0 Å². The monoisotopic (exact) mass is 465 g/mol. The molecule has 1 atom stereocenters. The van der Waals surface area contributed by atoms with E-state index in [1.807, 2.05) is 0 Å². The van der Waals surface area contributed by atoms with E-state index in [4.69, 9.17) is 0 Å². The van der Waals surface area contributed by atoms with Gasteiger partial charge in [0.2, 0.25) is 0 Å². The van der Waals surface area contributed by atoms with Crippen LogP contribution in [0.25, 0.3) is 10.2 Å². The van der Waals surface area contributed by atoms with Crippen molar-refractivity contribution >= 4 is 27.5 Å². The van der Waals surface area contributed by atoms with Crippen LogP contribution < -0.4 is 11.0 Å². The Balaban J connectivity index is 1.45. The van der Waals surface area contributed by atoms with E-state index < -0.39 is 24.3 Å². The molecule has 7 nitrogen and oxygen atoms in total. The van der Waals surface area contributed by atoms with E-state index in [9.17, 15) is 22.8 Å². The maximum Gasteiger partial charge on any atom is 0.435 e. The Morgan fingerprint density at radius 2 is 2.06 bits per heavy atom. The van der Waals surface area contributed by atoms with Gasteiger partial charge in [-0.2, -0.15) is 18.3 Å². The molecule has 0 spiro atoms. The number of rotatable bonds is 4. The van der Waals surface area contributed by atoms with Crippen LogP contribution >= 0.6 is 11.3 Å². The van der Waals surface area contributed by atoms with E-state index in [1.54, 1.807) is 6.92 Å². The fourth-order valence-electron chi connectivity index (χ4n) is 4.32. The van der Waals surface area contributed by atoms with Crippen molar-refractivity contribution in [2.45, 2.75) is 64.6 Å². The third-order valence-corrected chi connectivity index (χ3v) is 7.27. The fourth-order valence-corrected chi connectivity index (χ4v) is 5.74. The average Bonchev–Trinajstić information content (AvgIpc) is 3.35. The molecule has 170 valence electrons. The predicted molar refractivity (Wildman–Crippen MR) is 113 cm³/mol. The van der Waals surface area contributed by atoms with Crippen LogP contribution in [-0.4, -0.2) is 25.3 Å². The number of aryl methyl sites for hydroxylation is 2. The number of alkyl halides is 3. The molecule has 11 heteroatoms. The first-order valence-corrected chi connectivity index (χ1v) is 11.4. The normalized spacial score (nSPS) is 18.7. The molecule has 0 aliphatic heterocycles. The van der Waals surface area contributed by atoms with Crippen molar-refractivity contribution in [2.75, 3.05) is 5.43 Å². The standard InChI is InChI=1S/C21H22F3N5O2S/c1-10-3-6-13-15(7-10)32-19-18(13)20(31)29(11(2)25-19)27-17(30)9-28-14(12-4-5-12)8-16(26-28)21(22,23)24/h8,10,12H,3-7,9H2,1-2H3,(H,27,30)/t10-/m1/s1. The molecule has 32 heavy (non-hydrogen) atoms. The maximum atomic E-state index is 13.2. The number of nitrogens with zero attached hydrogens (tertiary/aromatic N) is 4. The predicted octanol–water partition coefficient (Wildman–Crippen LogP) is 3.75. The van der Waals surface area contributed by atoms with Crippen molar-refractivity contribution in [1.29, 1.82) is 0 Å². The Bertz CT molecular complexity index is 1290. The molecular weight excluding hydrogens is 443 g/mol. The molecule has 5 rings (SSSR count). The minimum atomic E-state index is -4.58. The number of halogens is 3. The van der Waals surface area contributed by atoms with Crippen LogP contribution in [0.15, 0.2) is 10.9 Å². The van der Waals surface area contributed by atoms with E-state index in [0.29, 0.717) is 27.7 Å². The molecule has 3 heterocycles. The summed E-state index contributed by atoms with van der Waals surface area (Å²) < 4.78 is 41.5. The van der Waals surface area contributed by atoms with Crippen LogP contribution in [-0.2, 0) is 30.4 Å². The molecule has 0 radical (unpaired) electrons. The number of aromatic nitrogens is 4. The number of nitrogens with one attached hydrogen (secondary N) is 1. The van der Waals surface area contributed by atoms with Gasteiger partial charge in [-0.05, 0) is 56.6 Å². The summed E-state index contributed by atoms with van der Waals surface area (Å²) in [6.45, 7) is 3.39. The molecule has 0 aromatic carbocycles. The molecule has 1 amide bonds.